The predicted octanol–water partition coefficient (Wildman–Crippen LogP) is 4.20. The minimum atomic E-state index is -3.03. The van der Waals surface area contributed by atoms with Crippen molar-refractivity contribution in [1.29, 1.82) is 0 Å². The number of allylic oxidation sites excluding steroid dienone is 1. The Balaban J connectivity index is 4.89. The molecular formula is C11H23O3P. The second-order valence-corrected chi connectivity index (χ2v) is 6.29. The van der Waals surface area contributed by atoms with Crippen LogP contribution in [0.25, 0.3) is 0 Å². The first-order valence-electron chi connectivity index (χ1n) is 5.34. The van der Waals surface area contributed by atoms with E-state index in [0.29, 0.717) is 13.2 Å². The van der Waals surface area contributed by atoms with Gasteiger partial charge in [-0.05, 0) is 26.2 Å². The molecule has 0 rings (SSSR count). The highest BCUT2D eigenvalue weighted by molar-refractivity contribution is 7.57. The van der Waals surface area contributed by atoms with Gasteiger partial charge in [0.2, 0.25) is 0 Å². The number of hydrogen-bond acceptors (Lipinski definition) is 3. The van der Waals surface area contributed by atoms with E-state index in [4.69, 9.17) is 9.05 Å². The van der Waals surface area contributed by atoms with Gasteiger partial charge in [-0.25, -0.2) is 0 Å². The fraction of sp³-hybridized carbons (Fsp3) is 0.818. The van der Waals surface area contributed by atoms with Crippen molar-refractivity contribution in [2.75, 3.05) is 13.2 Å². The Morgan fingerprint density at radius 2 is 1.60 bits per heavy atom. The van der Waals surface area contributed by atoms with Crippen LogP contribution >= 0.6 is 7.60 Å². The normalized spacial score (nSPS) is 14.4. The molecular weight excluding hydrogens is 211 g/mol. The SMILES string of the molecule is CCOP(=O)(/C=C(\C)C(C)(C)C)OCC. The lowest BCUT2D eigenvalue weighted by Crippen LogP contribution is -2.07. The van der Waals surface area contributed by atoms with Crippen LogP contribution in [0.2, 0.25) is 0 Å². The van der Waals surface area contributed by atoms with E-state index in [1.165, 1.54) is 0 Å². The van der Waals surface area contributed by atoms with Gasteiger partial charge in [-0.15, -0.1) is 0 Å². The highest BCUT2D eigenvalue weighted by Gasteiger charge is 2.23. The zero-order chi connectivity index (χ0) is 12.1. The van der Waals surface area contributed by atoms with E-state index in [2.05, 4.69) is 20.8 Å². The van der Waals surface area contributed by atoms with Gasteiger partial charge in [0, 0.05) is 5.82 Å². The van der Waals surface area contributed by atoms with Gasteiger partial charge in [-0.2, -0.15) is 0 Å². The number of hydrogen-bond donors (Lipinski definition) is 0. The maximum Gasteiger partial charge on any atom is 0.354 e. The summed E-state index contributed by atoms with van der Waals surface area (Å²) in [5, 5.41) is 0. The third-order valence-electron chi connectivity index (χ3n) is 2.15. The second kappa shape index (κ2) is 5.83. The monoisotopic (exact) mass is 234 g/mol. The van der Waals surface area contributed by atoms with Crippen LogP contribution in [-0.2, 0) is 13.6 Å². The van der Waals surface area contributed by atoms with E-state index in [9.17, 15) is 4.57 Å². The molecule has 0 amide bonds. The van der Waals surface area contributed by atoms with Crippen LogP contribution < -0.4 is 0 Å². The van der Waals surface area contributed by atoms with Gasteiger partial charge in [0.15, 0.2) is 0 Å². The highest BCUT2D eigenvalue weighted by Crippen LogP contribution is 2.52. The van der Waals surface area contributed by atoms with Crippen molar-refractivity contribution in [3.05, 3.63) is 11.4 Å². The molecule has 0 aliphatic carbocycles. The third-order valence-corrected chi connectivity index (χ3v) is 4.09. The zero-order valence-electron chi connectivity index (χ0n) is 10.7. The minimum Gasteiger partial charge on any atom is -0.306 e. The van der Waals surface area contributed by atoms with E-state index in [1.54, 1.807) is 5.82 Å². The van der Waals surface area contributed by atoms with E-state index in [1.807, 2.05) is 20.8 Å². The minimum absolute atomic E-state index is 0.0101. The number of rotatable bonds is 5. The fourth-order valence-electron chi connectivity index (χ4n) is 0.903. The molecule has 0 atom stereocenters. The summed E-state index contributed by atoms with van der Waals surface area (Å²) in [6.45, 7) is 12.6. The van der Waals surface area contributed by atoms with Crippen LogP contribution in [0.5, 0.6) is 0 Å². The highest BCUT2D eigenvalue weighted by atomic mass is 31.2. The topological polar surface area (TPSA) is 35.5 Å². The van der Waals surface area contributed by atoms with Crippen molar-refractivity contribution < 1.29 is 13.6 Å². The summed E-state index contributed by atoms with van der Waals surface area (Å²) in [6.07, 6.45) is 0. The van der Waals surface area contributed by atoms with E-state index < -0.39 is 7.60 Å². The molecule has 0 fully saturated rings. The quantitative estimate of drug-likeness (QED) is 0.669. The smallest absolute Gasteiger partial charge is 0.306 e. The molecule has 0 unspecified atom stereocenters. The summed E-state index contributed by atoms with van der Waals surface area (Å²) >= 11 is 0. The summed E-state index contributed by atoms with van der Waals surface area (Å²) < 4.78 is 22.5. The average molecular weight is 234 g/mol. The van der Waals surface area contributed by atoms with Gasteiger partial charge in [0.25, 0.3) is 0 Å². The Morgan fingerprint density at radius 1 is 1.20 bits per heavy atom. The van der Waals surface area contributed by atoms with E-state index >= 15 is 0 Å². The molecule has 15 heavy (non-hydrogen) atoms. The molecule has 0 aromatic rings. The molecule has 0 saturated carbocycles. The van der Waals surface area contributed by atoms with Crippen LogP contribution in [0.1, 0.15) is 41.5 Å². The summed E-state index contributed by atoms with van der Waals surface area (Å²) in [7, 11) is -3.03. The maximum atomic E-state index is 12.1. The Bertz CT molecular complexity index is 253. The molecule has 0 aliphatic rings. The predicted molar refractivity (Wildman–Crippen MR) is 64.1 cm³/mol. The van der Waals surface area contributed by atoms with Crippen molar-refractivity contribution >= 4 is 7.60 Å². The molecule has 0 saturated heterocycles. The van der Waals surface area contributed by atoms with Crippen molar-refractivity contribution in [1.82, 2.24) is 0 Å². The fourth-order valence-corrected chi connectivity index (χ4v) is 2.71. The molecule has 0 N–H and O–H groups in total. The van der Waals surface area contributed by atoms with Gasteiger partial charge >= 0.3 is 7.60 Å². The summed E-state index contributed by atoms with van der Waals surface area (Å²) in [5.74, 6) is 1.64. The van der Waals surface area contributed by atoms with Crippen molar-refractivity contribution in [2.45, 2.75) is 41.5 Å². The zero-order valence-corrected chi connectivity index (χ0v) is 11.6. The van der Waals surface area contributed by atoms with Crippen LogP contribution in [0, 0.1) is 5.41 Å². The standard InChI is InChI=1S/C11H23O3P/c1-7-13-15(12,14-8-2)9-10(3)11(4,5)6/h9H,7-8H2,1-6H3/b10-9+. The molecule has 0 radical (unpaired) electrons. The van der Waals surface area contributed by atoms with E-state index in [-0.39, 0.29) is 5.41 Å². The first-order chi connectivity index (χ1) is 6.75. The first-order valence-corrected chi connectivity index (χ1v) is 6.95. The van der Waals surface area contributed by atoms with Crippen molar-refractivity contribution in [2.24, 2.45) is 5.41 Å². The summed E-state index contributed by atoms with van der Waals surface area (Å²) in [5.41, 5.74) is 1.01. The Labute approximate surface area is 93.4 Å². The largest absolute Gasteiger partial charge is 0.354 e. The second-order valence-electron chi connectivity index (χ2n) is 4.44. The van der Waals surface area contributed by atoms with E-state index in [0.717, 1.165) is 5.57 Å². The lowest BCUT2D eigenvalue weighted by molar-refractivity contribution is 0.228. The first kappa shape index (κ1) is 14.9. The van der Waals surface area contributed by atoms with Gasteiger partial charge < -0.3 is 9.05 Å². The molecule has 0 spiro atoms. The molecule has 0 aliphatic heterocycles. The molecule has 0 bridgehead atoms. The van der Waals surface area contributed by atoms with Crippen LogP contribution in [-0.4, -0.2) is 13.2 Å². The molecule has 0 aromatic heterocycles. The molecule has 0 aromatic carbocycles. The molecule has 3 nitrogen and oxygen atoms in total. The van der Waals surface area contributed by atoms with Crippen LogP contribution in [0.15, 0.2) is 11.4 Å². The molecule has 4 heteroatoms. The molecule has 0 heterocycles. The lowest BCUT2D eigenvalue weighted by Gasteiger charge is -2.22. The lowest BCUT2D eigenvalue weighted by atomic mass is 9.89. The van der Waals surface area contributed by atoms with Gasteiger partial charge in [-0.1, -0.05) is 26.3 Å². The Kier molecular flexibility index (Phi) is 5.79. The van der Waals surface area contributed by atoms with Gasteiger partial charge in [0.1, 0.15) is 0 Å². The van der Waals surface area contributed by atoms with Crippen LogP contribution in [0.4, 0.5) is 0 Å². The summed E-state index contributed by atoms with van der Waals surface area (Å²) in [6, 6.07) is 0. The Hall–Kier alpha value is -0.110. The maximum absolute atomic E-state index is 12.1. The third kappa shape index (κ3) is 5.50. The summed E-state index contributed by atoms with van der Waals surface area (Å²) in [4.78, 5) is 0. The van der Waals surface area contributed by atoms with Crippen molar-refractivity contribution in [3.63, 3.8) is 0 Å². The van der Waals surface area contributed by atoms with Crippen molar-refractivity contribution in [3.8, 4) is 0 Å². The van der Waals surface area contributed by atoms with Crippen LogP contribution in [0.3, 0.4) is 0 Å². The average Bonchev–Trinajstić information content (AvgIpc) is 2.02. The Morgan fingerprint density at radius 3 is 1.87 bits per heavy atom. The molecule has 90 valence electrons. The van der Waals surface area contributed by atoms with Gasteiger partial charge in [-0.3, -0.25) is 4.57 Å². The van der Waals surface area contributed by atoms with Gasteiger partial charge in [0.05, 0.1) is 13.2 Å².